The fraction of sp³-hybridized carbons (Fsp3) is 0.0952. The van der Waals surface area contributed by atoms with Crippen LogP contribution >= 0.6 is 23.2 Å². The monoisotopic (exact) mass is 385 g/mol. The zero-order valence-corrected chi connectivity index (χ0v) is 15.6. The fourth-order valence-electron chi connectivity index (χ4n) is 2.62. The van der Waals surface area contributed by atoms with Crippen molar-refractivity contribution < 1.29 is 9.53 Å². The van der Waals surface area contributed by atoms with Gasteiger partial charge in [-0.3, -0.25) is 4.79 Å². The first-order valence-electron chi connectivity index (χ1n) is 8.03. The van der Waals surface area contributed by atoms with Crippen molar-refractivity contribution >= 4 is 34.7 Å². The van der Waals surface area contributed by atoms with Gasteiger partial charge in [0.1, 0.15) is 11.8 Å². The zero-order valence-electron chi connectivity index (χ0n) is 14.1. The number of hydrogen-bond donors (Lipinski definition) is 1. The molecule has 1 N–H and O–H groups in total. The first-order valence-corrected chi connectivity index (χ1v) is 8.79. The summed E-state index contributed by atoms with van der Waals surface area (Å²) in [5.41, 5.74) is 2.17. The SMILES string of the molecule is COc1ccc(C(=O)[C@H](Nc2ccc(Cl)c(Cl)c2)c2ccccc2)cc1. The van der Waals surface area contributed by atoms with Crippen LogP contribution < -0.4 is 10.1 Å². The average Bonchev–Trinajstić information content (AvgIpc) is 2.69. The van der Waals surface area contributed by atoms with E-state index in [9.17, 15) is 4.79 Å². The van der Waals surface area contributed by atoms with Crippen LogP contribution in [0.5, 0.6) is 5.75 Å². The molecule has 3 aromatic carbocycles. The van der Waals surface area contributed by atoms with Crippen LogP contribution in [-0.4, -0.2) is 12.9 Å². The first kappa shape index (κ1) is 18.3. The number of ketones is 1. The summed E-state index contributed by atoms with van der Waals surface area (Å²) in [7, 11) is 1.59. The summed E-state index contributed by atoms with van der Waals surface area (Å²) in [4.78, 5) is 13.1. The Labute approximate surface area is 162 Å². The van der Waals surface area contributed by atoms with Gasteiger partial charge >= 0.3 is 0 Å². The van der Waals surface area contributed by atoms with Crippen molar-refractivity contribution in [3.8, 4) is 5.75 Å². The number of nitrogens with one attached hydrogen (secondary N) is 1. The molecule has 0 saturated carbocycles. The molecule has 3 rings (SSSR count). The average molecular weight is 386 g/mol. The molecule has 0 amide bonds. The molecular weight excluding hydrogens is 369 g/mol. The highest BCUT2D eigenvalue weighted by atomic mass is 35.5. The number of benzene rings is 3. The van der Waals surface area contributed by atoms with Gasteiger partial charge in [-0.05, 0) is 48.0 Å². The van der Waals surface area contributed by atoms with Crippen molar-refractivity contribution in [3.63, 3.8) is 0 Å². The lowest BCUT2D eigenvalue weighted by molar-refractivity contribution is 0.0969. The number of carbonyl (C=O) groups is 1. The second kappa shape index (κ2) is 8.26. The Morgan fingerprint density at radius 2 is 1.62 bits per heavy atom. The van der Waals surface area contributed by atoms with Crippen LogP contribution in [0, 0.1) is 0 Å². The molecule has 0 aromatic heterocycles. The van der Waals surface area contributed by atoms with Crippen LogP contribution in [-0.2, 0) is 0 Å². The summed E-state index contributed by atoms with van der Waals surface area (Å²) in [6, 6.07) is 21.3. The molecule has 0 radical (unpaired) electrons. The summed E-state index contributed by atoms with van der Waals surface area (Å²) >= 11 is 12.1. The number of anilines is 1. The van der Waals surface area contributed by atoms with Gasteiger partial charge in [0, 0.05) is 11.3 Å². The molecule has 0 aliphatic rings. The minimum atomic E-state index is -0.554. The smallest absolute Gasteiger partial charge is 0.189 e. The van der Waals surface area contributed by atoms with Crippen LogP contribution in [0.2, 0.25) is 10.0 Å². The largest absolute Gasteiger partial charge is 0.497 e. The van der Waals surface area contributed by atoms with E-state index in [1.807, 2.05) is 30.3 Å². The van der Waals surface area contributed by atoms with Crippen molar-refractivity contribution in [2.45, 2.75) is 6.04 Å². The van der Waals surface area contributed by atoms with Gasteiger partial charge in [-0.2, -0.15) is 0 Å². The minimum Gasteiger partial charge on any atom is -0.497 e. The summed E-state index contributed by atoms with van der Waals surface area (Å²) < 4.78 is 5.16. The third-order valence-corrected chi connectivity index (χ3v) is 4.74. The fourth-order valence-corrected chi connectivity index (χ4v) is 2.92. The number of Topliss-reactive ketones (excluding diaryl/α,β-unsaturated/α-hetero) is 1. The van der Waals surface area contributed by atoms with Crippen LogP contribution in [0.1, 0.15) is 22.0 Å². The number of methoxy groups -OCH3 is 1. The van der Waals surface area contributed by atoms with Crippen molar-refractivity contribution in [1.29, 1.82) is 0 Å². The zero-order chi connectivity index (χ0) is 18.5. The molecule has 132 valence electrons. The van der Waals surface area contributed by atoms with Gasteiger partial charge in [0.25, 0.3) is 0 Å². The number of carbonyl (C=O) groups excluding carboxylic acids is 1. The van der Waals surface area contributed by atoms with Crippen molar-refractivity contribution in [1.82, 2.24) is 0 Å². The molecule has 0 fully saturated rings. The number of halogens is 2. The van der Waals surface area contributed by atoms with Gasteiger partial charge in [-0.1, -0.05) is 53.5 Å². The molecule has 26 heavy (non-hydrogen) atoms. The standard InChI is InChI=1S/C21H17Cl2NO2/c1-26-17-10-7-15(8-11-17)21(25)20(14-5-3-2-4-6-14)24-16-9-12-18(22)19(23)13-16/h2-13,20,24H,1H3/t20-/m1/s1. The van der Waals surface area contributed by atoms with E-state index >= 15 is 0 Å². The van der Waals surface area contributed by atoms with Crippen LogP contribution in [0.4, 0.5) is 5.69 Å². The maximum atomic E-state index is 13.1. The Hall–Kier alpha value is -2.49. The lowest BCUT2D eigenvalue weighted by Crippen LogP contribution is -2.21. The first-order chi connectivity index (χ1) is 12.6. The van der Waals surface area contributed by atoms with Gasteiger partial charge in [0.2, 0.25) is 0 Å². The minimum absolute atomic E-state index is 0.0510. The maximum Gasteiger partial charge on any atom is 0.189 e. The summed E-state index contributed by atoms with van der Waals surface area (Å²) in [6.45, 7) is 0. The molecule has 0 unspecified atom stereocenters. The molecule has 0 spiro atoms. The Kier molecular flexibility index (Phi) is 5.82. The third kappa shape index (κ3) is 4.18. The lowest BCUT2D eigenvalue weighted by Gasteiger charge is -2.20. The Balaban J connectivity index is 1.94. The van der Waals surface area contributed by atoms with Gasteiger partial charge in [-0.25, -0.2) is 0 Å². The second-order valence-electron chi connectivity index (χ2n) is 5.71. The van der Waals surface area contributed by atoms with E-state index in [2.05, 4.69) is 5.32 Å². The summed E-state index contributed by atoms with van der Waals surface area (Å²) in [5, 5.41) is 4.16. The van der Waals surface area contributed by atoms with E-state index < -0.39 is 6.04 Å². The molecule has 0 bridgehead atoms. The highest BCUT2D eigenvalue weighted by molar-refractivity contribution is 6.42. The molecule has 0 saturated heterocycles. The molecule has 0 heterocycles. The quantitative estimate of drug-likeness (QED) is 0.525. The van der Waals surface area contributed by atoms with Crippen molar-refractivity contribution in [2.75, 3.05) is 12.4 Å². The Morgan fingerprint density at radius 3 is 2.23 bits per heavy atom. The molecular formula is C21H17Cl2NO2. The molecule has 5 heteroatoms. The summed E-state index contributed by atoms with van der Waals surface area (Å²) in [5.74, 6) is 0.653. The Bertz CT molecular complexity index is 896. The van der Waals surface area contributed by atoms with Crippen molar-refractivity contribution in [2.24, 2.45) is 0 Å². The van der Waals surface area contributed by atoms with Gasteiger partial charge < -0.3 is 10.1 Å². The van der Waals surface area contributed by atoms with E-state index in [0.717, 1.165) is 11.3 Å². The Morgan fingerprint density at radius 1 is 0.923 bits per heavy atom. The number of rotatable bonds is 6. The summed E-state index contributed by atoms with van der Waals surface area (Å²) in [6.07, 6.45) is 0. The van der Waals surface area contributed by atoms with E-state index in [4.69, 9.17) is 27.9 Å². The van der Waals surface area contributed by atoms with Gasteiger partial charge in [0.05, 0.1) is 17.2 Å². The maximum absolute atomic E-state index is 13.1. The predicted octanol–water partition coefficient (Wildman–Crippen LogP) is 6.04. The number of hydrogen-bond acceptors (Lipinski definition) is 3. The third-order valence-electron chi connectivity index (χ3n) is 4.00. The van der Waals surface area contributed by atoms with Crippen LogP contribution in [0.25, 0.3) is 0 Å². The number of ether oxygens (including phenoxy) is 1. The molecule has 3 aromatic rings. The highest BCUT2D eigenvalue weighted by Gasteiger charge is 2.22. The van der Waals surface area contributed by atoms with Crippen LogP contribution in [0.3, 0.4) is 0 Å². The van der Waals surface area contributed by atoms with Gasteiger partial charge in [-0.15, -0.1) is 0 Å². The van der Waals surface area contributed by atoms with E-state index in [0.29, 0.717) is 21.4 Å². The molecule has 0 aliphatic heterocycles. The predicted molar refractivity (Wildman–Crippen MR) is 107 cm³/mol. The molecule has 1 atom stereocenters. The van der Waals surface area contributed by atoms with Gasteiger partial charge in [0.15, 0.2) is 5.78 Å². The van der Waals surface area contributed by atoms with E-state index in [1.165, 1.54) is 0 Å². The second-order valence-corrected chi connectivity index (χ2v) is 6.52. The topological polar surface area (TPSA) is 38.3 Å². The van der Waals surface area contributed by atoms with E-state index in [1.54, 1.807) is 49.6 Å². The lowest BCUT2D eigenvalue weighted by atomic mass is 9.97. The van der Waals surface area contributed by atoms with Crippen LogP contribution in [0.15, 0.2) is 72.8 Å². The molecule has 0 aliphatic carbocycles. The highest BCUT2D eigenvalue weighted by Crippen LogP contribution is 2.29. The van der Waals surface area contributed by atoms with Crippen molar-refractivity contribution in [3.05, 3.63) is 94.0 Å². The normalized spacial score (nSPS) is 11.7. The van der Waals surface area contributed by atoms with E-state index in [-0.39, 0.29) is 5.78 Å². The molecule has 3 nitrogen and oxygen atoms in total.